The third-order valence-corrected chi connectivity index (χ3v) is 3.32. The van der Waals surface area contributed by atoms with E-state index < -0.39 is 0 Å². The van der Waals surface area contributed by atoms with Crippen LogP contribution in [0.5, 0.6) is 0 Å². The molecule has 0 bridgehead atoms. The average molecular weight is 282 g/mol. The van der Waals surface area contributed by atoms with E-state index in [2.05, 4.69) is 5.10 Å². The number of hydrogen-bond donors (Lipinski definition) is 1. The van der Waals surface area contributed by atoms with Gasteiger partial charge in [-0.1, -0.05) is 29.8 Å². The fourth-order valence-electron chi connectivity index (χ4n) is 2.11. The SMILES string of the molecule is CC(C)n1ncc(Cl)c1C(N)Cc1ccccc1F. The first-order chi connectivity index (χ1) is 9.00. The summed E-state index contributed by atoms with van der Waals surface area (Å²) in [7, 11) is 0. The molecule has 0 spiro atoms. The molecule has 0 fully saturated rings. The van der Waals surface area contributed by atoms with Gasteiger partial charge in [0.2, 0.25) is 0 Å². The van der Waals surface area contributed by atoms with E-state index in [-0.39, 0.29) is 17.9 Å². The zero-order chi connectivity index (χ0) is 14.0. The third-order valence-electron chi connectivity index (χ3n) is 3.03. The van der Waals surface area contributed by atoms with Crippen LogP contribution in [-0.2, 0) is 6.42 Å². The summed E-state index contributed by atoms with van der Waals surface area (Å²) in [5.41, 5.74) is 7.50. The molecular weight excluding hydrogens is 265 g/mol. The maximum absolute atomic E-state index is 13.6. The number of rotatable bonds is 4. The maximum atomic E-state index is 13.6. The Kier molecular flexibility index (Phi) is 4.22. The lowest BCUT2D eigenvalue weighted by Gasteiger charge is -2.17. The molecule has 1 atom stereocenters. The second kappa shape index (κ2) is 5.72. The van der Waals surface area contributed by atoms with Gasteiger partial charge in [0.05, 0.1) is 23.0 Å². The van der Waals surface area contributed by atoms with Crippen molar-refractivity contribution in [3.05, 3.63) is 52.6 Å². The van der Waals surface area contributed by atoms with Crippen molar-refractivity contribution < 1.29 is 4.39 Å². The van der Waals surface area contributed by atoms with Crippen LogP contribution in [0, 0.1) is 5.82 Å². The van der Waals surface area contributed by atoms with E-state index in [4.69, 9.17) is 17.3 Å². The first-order valence-electron chi connectivity index (χ1n) is 6.22. The zero-order valence-electron chi connectivity index (χ0n) is 11.0. The Bertz CT molecular complexity index is 566. The van der Waals surface area contributed by atoms with E-state index in [0.717, 1.165) is 5.69 Å². The van der Waals surface area contributed by atoms with Gasteiger partial charge in [0.15, 0.2) is 0 Å². The zero-order valence-corrected chi connectivity index (χ0v) is 11.7. The van der Waals surface area contributed by atoms with Gasteiger partial charge in [-0.15, -0.1) is 0 Å². The highest BCUT2D eigenvalue weighted by atomic mass is 35.5. The van der Waals surface area contributed by atoms with Crippen molar-refractivity contribution in [2.24, 2.45) is 5.73 Å². The van der Waals surface area contributed by atoms with Crippen LogP contribution in [0.25, 0.3) is 0 Å². The minimum Gasteiger partial charge on any atom is -0.322 e. The summed E-state index contributed by atoms with van der Waals surface area (Å²) < 4.78 is 15.4. The van der Waals surface area contributed by atoms with Gasteiger partial charge in [-0.3, -0.25) is 4.68 Å². The van der Waals surface area contributed by atoms with Gasteiger partial charge in [-0.2, -0.15) is 5.10 Å². The molecule has 0 saturated carbocycles. The molecule has 0 saturated heterocycles. The van der Waals surface area contributed by atoms with Gasteiger partial charge < -0.3 is 5.73 Å². The highest BCUT2D eigenvalue weighted by molar-refractivity contribution is 6.31. The maximum Gasteiger partial charge on any atom is 0.126 e. The summed E-state index contributed by atoms with van der Waals surface area (Å²) >= 11 is 6.13. The van der Waals surface area contributed by atoms with Crippen LogP contribution in [0.3, 0.4) is 0 Å². The van der Waals surface area contributed by atoms with Crippen molar-refractivity contribution in [2.45, 2.75) is 32.4 Å². The standard InChI is InChI=1S/C14H17ClFN3/c1-9(2)19-14(11(15)8-18-19)13(17)7-10-5-3-4-6-12(10)16/h3-6,8-9,13H,7,17H2,1-2H3. The molecule has 2 N–H and O–H groups in total. The van der Waals surface area contributed by atoms with Crippen molar-refractivity contribution >= 4 is 11.6 Å². The molecule has 0 radical (unpaired) electrons. The monoisotopic (exact) mass is 281 g/mol. The minimum absolute atomic E-state index is 0.161. The molecule has 1 unspecified atom stereocenters. The van der Waals surface area contributed by atoms with E-state index in [0.29, 0.717) is 17.0 Å². The summed E-state index contributed by atoms with van der Waals surface area (Å²) in [6, 6.07) is 6.41. The first-order valence-corrected chi connectivity index (χ1v) is 6.60. The average Bonchev–Trinajstić information content (AvgIpc) is 2.74. The normalized spacial score (nSPS) is 12.9. The molecule has 0 aliphatic heterocycles. The van der Waals surface area contributed by atoms with E-state index in [1.54, 1.807) is 29.1 Å². The molecule has 2 aromatic rings. The molecule has 102 valence electrons. The van der Waals surface area contributed by atoms with Crippen molar-refractivity contribution in [1.82, 2.24) is 9.78 Å². The number of nitrogens with two attached hydrogens (primary N) is 1. The quantitative estimate of drug-likeness (QED) is 0.932. The lowest BCUT2D eigenvalue weighted by molar-refractivity contribution is 0.482. The molecule has 5 heteroatoms. The topological polar surface area (TPSA) is 43.8 Å². The summed E-state index contributed by atoms with van der Waals surface area (Å²) in [6.45, 7) is 4.01. The fourth-order valence-corrected chi connectivity index (χ4v) is 2.38. The third kappa shape index (κ3) is 2.96. The van der Waals surface area contributed by atoms with Gasteiger partial charge in [0, 0.05) is 6.04 Å². The highest BCUT2D eigenvalue weighted by Crippen LogP contribution is 2.26. The number of halogens is 2. The number of aromatic nitrogens is 2. The van der Waals surface area contributed by atoms with Crippen molar-refractivity contribution in [3.8, 4) is 0 Å². The molecule has 0 aliphatic carbocycles. The van der Waals surface area contributed by atoms with Crippen LogP contribution >= 0.6 is 11.6 Å². The van der Waals surface area contributed by atoms with Crippen LogP contribution in [0.1, 0.15) is 37.2 Å². The number of hydrogen-bond acceptors (Lipinski definition) is 2. The lowest BCUT2D eigenvalue weighted by Crippen LogP contribution is -2.20. The molecular formula is C14H17ClFN3. The number of benzene rings is 1. The second-order valence-electron chi connectivity index (χ2n) is 4.82. The van der Waals surface area contributed by atoms with Crippen molar-refractivity contribution in [3.63, 3.8) is 0 Å². The largest absolute Gasteiger partial charge is 0.322 e. The molecule has 1 heterocycles. The predicted molar refractivity (Wildman–Crippen MR) is 74.7 cm³/mol. The van der Waals surface area contributed by atoms with Gasteiger partial charge in [-0.05, 0) is 31.9 Å². The van der Waals surface area contributed by atoms with Crippen LogP contribution < -0.4 is 5.73 Å². The van der Waals surface area contributed by atoms with E-state index >= 15 is 0 Å². The minimum atomic E-state index is -0.380. The lowest BCUT2D eigenvalue weighted by atomic mass is 10.0. The van der Waals surface area contributed by atoms with E-state index in [1.807, 2.05) is 13.8 Å². The summed E-state index contributed by atoms with van der Waals surface area (Å²) in [4.78, 5) is 0. The van der Waals surface area contributed by atoms with Crippen LogP contribution in [0.2, 0.25) is 5.02 Å². The Morgan fingerprint density at radius 2 is 2.05 bits per heavy atom. The summed E-state index contributed by atoms with van der Waals surface area (Å²) in [6.07, 6.45) is 1.98. The molecule has 2 rings (SSSR count). The first kappa shape index (κ1) is 14.0. The summed E-state index contributed by atoms with van der Waals surface area (Å²) in [5.74, 6) is -0.246. The van der Waals surface area contributed by atoms with Crippen LogP contribution in [0.15, 0.2) is 30.5 Å². The Morgan fingerprint density at radius 3 is 2.68 bits per heavy atom. The molecule has 19 heavy (non-hydrogen) atoms. The Hall–Kier alpha value is -1.39. The fraction of sp³-hybridized carbons (Fsp3) is 0.357. The van der Waals surface area contributed by atoms with Gasteiger partial charge in [-0.25, -0.2) is 4.39 Å². The smallest absolute Gasteiger partial charge is 0.126 e. The predicted octanol–water partition coefficient (Wildman–Crippen LogP) is 3.50. The second-order valence-corrected chi connectivity index (χ2v) is 5.23. The van der Waals surface area contributed by atoms with Gasteiger partial charge in [0.1, 0.15) is 5.82 Å². The van der Waals surface area contributed by atoms with Crippen LogP contribution in [-0.4, -0.2) is 9.78 Å². The Balaban J connectivity index is 2.28. The number of nitrogens with zero attached hydrogens (tertiary/aromatic N) is 2. The van der Waals surface area contributed by atoms with E-state index in [9.17, 15) is 4.39 Å². The van der Waals surface area contributed by atoms with Crippen molar-refractivity contribution in [1.29, 1.82) is 0 Å². The molecule has 0 aliphatic rings. The Labute approximate surface area is 117 Å². The Morgan fingerprint density at radius 1 is 1.37 bits per heavy atom. The highest BCUT2D eigenvalue weighted by Gasteiger charge is 2.19. The molecule has 3 nitrogen and oxygen atoms in total. The molecule has 1 aromatic carbocycles. The molecule has 1 aromatic heterocycles. The van der Waals surface area contributed by atoms with Crippen LogP contribution in [0.4, 0.5) is 4.39 Å². The molecule has 0 amide bonds. The van der Waals surface area contributed by atoms with Gasteiger partial charge >= 0.3 is 0 Å². The van der Waals surface area contributed by atoms with E-state index in [1.165, 1.54) is 6.07 Å². The summed E-state index contributed by atoms with van der Waals surface area (Å²) in [5, 5.41) is 4.74. The van der Waals surface area contributed by atoms with Crippen molar-refractivity contribution in [2.75, 3.05) is 0 Å². The van der Waals surface area contributed by atoms with Gasteiger partial charge in [0.25, 0.3) is 0 Å².